The van der Waals surface area contributed by atoms with Crippen molar-refractivity contribution in [3.63, 3.8) is 0 Å². The third kappa shape index (κ3) is 5.26. The van der Waals surface area contributed by atoms with Gasteiger partial charge in [0.25, 0.3) is 0 Å². The van der Waals surface area contributed by atoms with E-state index in [0.29, 0.717) is 35.7 Å². The zero-order valence-corrected chi connectivity index (χ0v) is 16.1. The molecule has 0 aliphatic rings. The summed E-state index contributed by atoms with van der Waals surface area (Å²) < 4.78 is 39.8. The van der Waals surface area contributed by atoms with E-state index >= 15 is 0 Å². The first-order valence-corrected chi connectivity index (χ1v) is 9.02. The van der Waals surface area contributed by atoms with Crippen molar-refractivity contribution >= 4 is 16.8 Å². The molecule has 2 aromatic heterocycles. The van der Waals surface area contributed by atoms with Crippen LogP contribution in [-0.2, 0) is 11.2 Å². The predicted molar refractivity (Wildman–Crippen MR) is 102 cm³/mol. The minimum absolute atomic E-state index is 0.0196. The van der Waals surface area contributed by atoms with Crippen molar-refractivity contribution in [2.45, 2.75) is 26.4 Å². The maximum atomic E-state index is 12.7. The highest BCUT2D eigenvalue weighted by atomic mass is 19.3. The number of alkyl halides is 2. The van der Waals surface area contributed by atoms with E-state index in [2.05, 4.69) is 19.7 Å². The summed E-state index contributed by atoms with van der Waals surface area (Å²) in [6.07, 6.45) is 2.37. The summed E-state index contributed by atoms with van der Waals surface area (Å²) in [6, 6.07) is 6.03. The Morgan fingerprint density at radius 3 is 2.83 bits per heavy atom. The number of Topliss-reactive ketones (excluding diaryl/α,β-unsaturated/α-hetero) is 1. The van der Waals surface area contributed by atoms with Gasteiger partial charge in [0.05, 0.1) is 29.8 Å². The Balaban J connectivity index is 1.72. The van der Waals surface area contributed by atoms with Crippen molar-refractivity contribution in [1.82, 2.24) is 15.0 Å². The van der Waals surface area contributed by atoms with Crippen LogP contribution in [0.5, 0.6) is 11.5 Å². The Hall–Kier alpha value is -3.07. The molecule has 0 aliphatic heterocycles. The van der Waals surface area contributed by atoms with E-state index in [0.717, 1.165) is 12.0 Å². The monoisotopic (exact) mass is 405 g/mol. The van der Waals surface area contributed by atoms with Gasteiger partial charge in [-0.15, -0.1) is 0 Å². The largest absolute Gasteiger partial charge is 0.493 e. The molecule has 0 unspecified atom stereocenters. The van der Waals surface area contributed by atoms with Gasteiger partial charge in [0.15, 0.2) is 5.82 Å². The molecule has 0 bridgehead atoms. The average Bonchev–Trinajstić information content (AvgIpc) is 3.11. The number of rotatable bonds is 10. The van der Waals surface area contributed by atoms with Gasteiger partial charge < -0.3 is 19.2 Å². The molecule has 0 saturated heterocycles. The summed E-state index contributed by atoms with van der Waals surface area (Å²) in [5.41, 5.74) is 2.28. The standard InChI is InChI=1S/C20H21F2N3O4/c1-12-15(23-7-6-18(12)28-9-3-8-27-2)11-17(26)19-24-14-5-4-13(29-20(21)22)10-16(14)25-19/h4-7,10,20H,3,8-9,11H2,1-2H3,(H,24,25). The van der Waals surface area contributed by atoms with E-state index in [1.54, 1.807) is 19.4 Å². The number of ether oxygens (including phenoxy) is 3. The summed E-state index contributed by atoms with van der Waals surface area (Å²) in [6.45, 7) is 0.0172. The normalized spacial score (nSPS) is 11.2. The smallest absolute Gasteiger partial charge is 0.387 e. The first kappa shape index (κ1) is 20.7. The number of pyridine rings is 1. The second kappa shape index (κ2) is 9.42. The molecule has 1 N–H and O–H groups in total. The molecule has 7 nitrogen and oxygen atoms in total. The number of benzene rings is 1. The SMILES string of the molecule is COCCCOc1ccnc(CC(=O)c2nc3cc(OC(F)F)ccc3[nH]2)c1C. The molecule has 1 aromatic carbocycles. The first-order chi connectivity index (χ1) is 14.0. The lowest BCUT2D eigenvalue weighted by Gasteiger charge is -2.11. The van der Waals surface area contributed by atoms with Crippen LogP contribution in [-0.4, -0.2) is 47.7 Å². The number of imidazole rings is 1. The highest BCUT2D eigenvalue weighted by Crippen LogP contribution is 2.23. The fourth-order valence-electron chi connectivity index (χ4n) is 2.81. The Bertz CT molecular complexity index is 991. The van der Waals surface area contributed by atoms with Crippen LogP contribution >= 0.6 is 0 Å². The molecule has 2 heterocycles. The summed E-state index contributed by atoms with van der Waals surface area (Å²) >= 11 is 0. The molecule has 0 saturated carbocycles. The number of hydrogen-bond donors (Lipinski definition) is 1. The van der Waals surface area contributed by atoms with Crippen molar-refractivity contribution in [1.29, 1.82) is 0 Å². The van der Waals surface area contributed by atoms with E-state index < -0.39 is 6.61 Å². The summed E-state index contributed by atoms with van der Waals surface area (Å²) in [5.74, 6) is 0.498. The van der Waals surface area contributed by atoms with E-state index in [1.165, 1.54) is 18.2 Å². The van der Waals surface area contributed by atoms with Crippen molar-refractivity contribution in [3.8, 4) is 11.5 Å². The second-order valence-electron chi connectivity index (χ2n) is 6.32. The van der Waals surface area contributed by atoms with Gasteiger partial charge in [-0.3, -0.25) is 9.78 Å². The zero-order valence-electron chi connectivity index (χ0n) is 16.1. The lowest BCUT2D eigenvalue weighted by atomic mass is 10.1. The summed E-state index contributed by atoms with van der Waals surface area (Å²) in [7, 11) is 1.63. The molecule has 0 spiro atoms. The van der Waals surface area contributed by atoms with Gasteiger partial charge in [-0.05, 0) is 25.1 Å². The van der Waals surface area contributed by atoms with Crippen molar-refractivity contribution in [2.75, 3.05) is 20.3 Å². The van der Waals surface area contributed by atoms with Crippen molar-refractivity contribution in [2.24, 2.45) is 0 Å². The maximum Gasteiger partial charge on any atom is 0.387 e. The number of aromatic nitrogens is 3. The van der Waals surface area contributed by atoms with Gasteiger partial charge in [-0.25, -0.2) is 4.98 Å². The van der Waals surface area contributed by atoms with Gasteiger partial charge in [-0.1, -0.05) is 0 Å². The van der Waals surface area contributed by atoms with Crippen LogP contribution in [0, 0.1) is 6.92 Å². The molecule has 3 aromatic rings. The molecule has 0 aliphatic carbocycles. The van der Waals surface area contributed by atoms with Crippen LogP contribution < -0.4 is 9.47 Å². The average molecular weight is 405 g/mol. The Kier molecular flexibility index (Phi) is 6.71. The number of ketones is 1. The van der Waals surface area contributed by atoms with Crippen LogP contribution in [0.3, 0.4) is 0 Å². The minimum Gasteiger partial charge on any atom is -0.493 e. The zero-order chi connectivity index (χ0) is 20.8. The number of carbonyl (C=O) groups excluding carboxylic acids is 1. The van der Waals surface area contributed by atoms with Crippen LogP contribution in [0.15, 0.2) is 30.5 Å². The topological polar surface area (TPSA) is 86.3 Å². The minimum atomic E-state index is -2.93. The Morgan fingerprint density at radius 2 is 2.07 bits per heavy atom. The van der Waals surface area contributed by atoms with Gasteiger partial charge >= 0.3 is 6.61 Å². The summed E-state index contributed by atoms with van der Waals surface area (Å²) in [5, 5.41) is 0. The number of aromatic amines is 1. The third-order valence-electron chi connectivity index (χ3n) is 4.28. The van der Waals surface area contributed by atoms with Crippen molar-refractivity contribution in [3.05, 3.63) is 47.5 Å². The Morgan fingerprint density at radius 1 is 1.24 bits per heavy atom. The fraction of sp³-hybridized carbons (Fsp3) is 0.350. The summed E-state index contributed by atoms with van der Waals surface area (Å²) in [4.78, 5) is 24.0. The van der Waals surface area contributed by atoms with Crippen LogP contribution in [0.4, 0.5) is 8.78 Å². The Labute approximate surface area is 166 Å². The third-order valence-corrected chi connectivity index (χ3v) is 4.28. The number of halogens is 2. The number of fused-ring (bicyclic) bond motifs is 1. The van der Waals surface area contributed by atoms with E-state index in [9.17, 15) is 13.6 Å². The van der Waals surface area contributed by atoms with E-state index in [1.807, 2.05) is 6.92 Å². The van der Waals surface area contributed by atoms with Crippen LogP contribution in [0.1, 0.15) is 28.3 Å². The molecule has 3 rings (SSSR count). The number of H-pyrrole nitrogens is 1. The van der Waals surface area contributed by atoms with Gasteiger partial charge in [0, 0.05) is 38.0 Å². The molecule has 9 heteroatoms. The number of carbonyl (C=O) groups is 1. The second-order valence-corrected chi connectivity index (χ2v) is 6.32. The lowest BCUT2D eigenvalue weighted by Crippen LogP contribution is -2.10. The molecule has 0 fully saturated rings. The molecule has 0 radical (unpaired) electrons. The number of nitrogens with one attached hydrogen (secondary N) is 1. The molecular weight excluding hydrogens is 384 g/mol. The number of nitrogens with zero attached hydrogens (tertiary/aromatic N) is 2. The van der Waals surface area contributed by atoms with Crippen LogP contribution in [0.25, 0.3) is 11.0 Å². The highest BCUT2D eigenvalue weighted by molar-refractivity contribution is 5.97. The fourth-order valence-corrected chi connectivity index (χ4v) is 2.81. The van der Waals surface area contributed by atoms with E-state index in [4.69, 9.17) is 9.47 Å². The molecular formula is C20H21F2N3O4. The van der Waals surface area contributed by atoms with Crippen molar-refractivity contribution < 1.29 is 27.8 Å². The predicted octanol–water partition coefficient (Wildman–Crippen LogP) is 3.71. The quantitative estimate of drug-likeness (QED) is 0.409. The van der Waals surface area contributed by atoms with Crippen LogP contribution in [0.2, 0.25) is 0 Å². The van der Waals surface area contributed by atoms with Gasteiger partial charge in [0.2, 0.25) is 5.78 Å². The molecule has 0 atom stereocenters. The molecule has 29 heavy (non-hydrogen) atoms. The lowest BCUT2D eigenvalue weighted by molar-refractivity contribution is -0.0497. The van der Waals surface area contributed by atoms with Gasteiger partial charge in [0.1, 0.15) is 11.5 Å². The van der Waals surface area contributed by atoms with E-state index in [-0.39, 0.29) is 23.8 Å². The number of hydrogen-bond acceptors (Lipinski definition) is 6. The van der Waals surface area contributed by atoms with Gasteiger partial charge in [-0.2, -0.15) is 8.78 Å². The molecule has 154 valence electrons. The number of methoxy groups -OCH3 is 1. The maximum absolute atomic E-state index is 12.7. The highest BCUT2D eigenvalue weighted by Gasteiger charge is 2.17. The molecule has 0 amide bonds. The first-order valence-electron chi connectivity index (χ1n) is 9.02.